The van der Waals surface area contributed by atoms with Crippen LogP contribution >= 0.6 is 0 Å². The van der Waals surface area contributed by atoms with E-state index in [1.54, 1.807) is 7.11 Å². The maximum Gasteiger partial charge on any atom is 0.122 e. The van der Waals surface area contributed by atoms with Crippen LogP contribution in [-0.2, 0) is 12.8 Å². The number of rotatable bonds is 6. The summed E-state index contributed by atoms with van der Waals surface area (Å²) in [5.41, 5.74) is 4.20. The summed E-state index contributed by atoms with van der Waals surface area (Å²) in [6.45, 7) is 4.37. The predicted molar refractivity (Wildman–Crippen MR) is 101 cm³/mol. The molecule has 0 N–H and O–H groups in total. The van der Waals surface area contributed by atoms with Crippen LogP contribution < -0.4 is 9.47 Å². The van der Waals surface area contributed by atoms with E-state index < -0.39 is 0 Å². The van der Waals surface area contributed by atoms with Gasteiger partial charge in [-0.3, -0.25) is 0 Å². The zero-order chi connectivity index (χ0) is 17.1. The minimum atomic E-state index is 0.605. The van der Waals surface area contributed by atoms with Gasteiger partial charge < -0.3 is 14.4 Å². The molecule has 0 radical (unpaired) electrons. The highest BCUT2D eigenvalue weighted by molar-refractivity contribution is 5.40. The number of methoxy groups -OCH3 is 1. The largest absolute Gasteiger partial charge is 0.496 e. The van der Waals surface area contributed by atoms with Crippen LogP contribution in [0.5, 0.6) is 11.5 Å². The van der Waals surface area contributed by atoms with Crippen LogP contribution in [0, 0.1) is 0 Å². The third kappa shape index (κ3) is 3.67. The average molecular weight is 337 g/mol. The van der Waals surface area contributed by atoms with Crippen LogP contribution in [0.15, 0.2) is 42.5 Å². The molecule has 0 saturated carbocycles. The van der Waals surface area contributed by atoms with Gasteiger partial charge in [0.25, 0.3) is 0 Å². The predicted octanol–water partition coefficient (Wildman–Crippen LogP) is 4.05. The Morgan fingerprint density at radius 1 is 1.20 bits per heavy atom. The van der Waals surface area contributed by atoms with E-state index in [4.69, 9.17) is 9.47 Å². The van der Waals surface area contributed by atoms with Crippen molar-refractivity contribution in [2.45, 2.75) is 31.6 Å². The smallest absolute Gasteiger partial charge is 0.122 e. The van der Waals surface area contributed by atoms with E-state index in [0.717, 1.165) is 37.5 Å². The van der Waals surface area contributed by atoms with E-state index in [0.29, 0.717) is 5.92 Å². The number of para-hydroxylation sites is 1. The van der Waals surface area contributed by atoms with Crippen LogP contribution in [0.4, 0.5) is 0 Å². The Labute approximate surface area is 150 Å². The third-order valence-corrected chi connectivity index (χ3v) is 5.54. The molecule has 1 atom stereocenters. The molecule has 0 spiro atoms. The Balaban J connectivity index is 1.28. The Morgan fingerprint density at radius 3 is 3.04 bits per heavy atom. The van der Waals surface area contributed by atoms with Crippen LogP contribution in [0.1, 0.15) is 35.4 Å². The fraction of sp³-hybridized carbons (Fsp3) is 0.455. The maximum absolute atomic E-state index is 5.59. The molecule has 1 unspecified atom stereocenters. The van der Waals surface area contributed by atoms with Crippen molar-refractivity contribution in [3.8, 4) is 11.5 Å². The van der Waals surface area contributed by atoms with Gasteiger partial charge in [-0.25, -0.2) is 0 Å². The summed E-state index contributed by atoms with van der Waals surface area (Å²) in [5, 5.41) is 0. The lowest BCUT2D eigenvalue weighted by molar-refractivity contribution is 0.328. The highest BCUT2D eigenvalue weighted by atomic mass is 16.5. The monoisotopic (exact) mass is 337 g/mol. The first kappa shape index (κ1) is 16.5. The molecule has 0 amide bonds. The number of fused-ring (bicyclic) bond motifs is 1. The molecule has 132 valence electrons. The molecule has 0 bridgehead atoms. The molecule has 1 fully saturated rings. The average Bonchev–Trinajstić information content (AvgIpc) is 3.30. The molecular formula is C22H27NO2. The molecule has 3 heteroatoms. The quantitative estimate of drug-likeness (QED) is 0.794. The van der Waals surface area contributed by atoms with E-state index in [1.165, 1.54) is 42.6 Å². The number of hydrogen-bond donors (Lipinski definition) is 0. The van der Waals surface area contributed by atoms with E-state index in [2.05, 4.69) is 47.4 Å². The Kier molecular flexibility index (Phi) is 4.93. The van der Waals surface area contributed by atoms with Gasteiger partial charge >= 0.3 is 0 Å². The summed E-state index contributed by atoms with van der Waals surface area (Å²) in [4.78, 5) is 2.60. The van der Waals surface area contributed by atoms with Crippen molar-refractivity contribution in [3.63, 3.8) is 0 Å². The molecule has 3 nitrogen and oxygen atoms in total. The standard InChI is InChI=1S/C22H27NO2/c1-24-22-7-3-2-6-20(22)19-10-13-23(16-19)12-4-5-17-8-9-21-18(15-17)11-14-25-21/h2-3,6-9,15,19H,4-5,10-14,16H2,1H3. The maximum atomic E-state index is 5.59. The number of hydrogen-bond acceptors (Lipinski definition) is 3. The highest BCUT2D eigenvalue weighted by Crippen LogP contribution is 2.33. The zero-order valence-corrected chi connectivity index (χ0v) is 15.0. The van der Waals surface area contributed by atoms with Crippen molar-refractivity contribution in [2.75, 3.05) is 33.4 Å². The molecule has 0 aromatic heterocycles. The van der Waals surface area contributed by atoms with Gasteiger partial charge in [-0.2, -0.15) is 0 Å². The summed E-state index contributed by atoms with van der Waals surface area (Å²) in [5.74, 6) is 2.73. The van der Waals surface area contributed by atoms with Crippen LogP contribution in [-0.4, -0.2) is 38.3 Å². The van der Waals surface area contributed by atoms with Gasteiger partial charge in [0, 0.05) is 18.9 Å². The second kappa shape index (κ2) is 7.49. The molecule has 2 heterocycles. The summed E-state index contributed by atoms with van der Waals surface area (Å²) < 4.78 is 11.1. The first-order valence-corrected chi connectivity index (χ1v) is 9.43. The van der Waals surface area contributed by atoms with E-state index in [9.17, 15) is 0 Å². The number of likely N-dealkylation sites (tertiary alicyclic amines) is 1. The zero-order valence-electron chi connectivity index (χ0n) is 15.0. The summed E-state index contributed by atoms with van der Waals surface area (Å²) in [6.07, 6.45) is 4.67. The lowest BCUT2D eigenvalue weighted by Gasteiger charge is -2.17. The van der Waals surface area contributed by atoms with Gasteiger partial charge in [-0.1, -0.05) is 30.3 Å². The van der Waals surface area contributed by atoms with E-state index in [-0.39, 0.29) is 0 Å². The Morgan fingerprint density at radius 2 is 2.12 bits per heavy atom. The minimum Gasteiger partial charge on any atom is -0.496 e. The van der Waals surface area contributed by atoms with Crippen LogP contribution in [0.3, 0.4) is 0 Å². The van der Waals surface area contributed by atoms with Crippen LogP contribution in [0.25, 0.3) is 0 Å². The fourth-order valence-electron chi connectivity index (χ4n) is 4.20. The van der Waals surface area contributed by atoms with Gasteiger partial charge in [0.15, 0.2) is 0 Å². The summed E-state index contributed by atoms with van der Waals surface area (Å²) in [6, 6.07) is 15.2. The minimum absolute atomic E-state index is 0.605. The van der Waals surface area contributed by atoms with Crippen molar-refractivity contribution < 1.29 is 9.47 Å². The lowest BCUT2D eigenvalue weighted by Crippen LogP contribution is -2.22. The van der Waals surface area contributed by atoms with Crippen molar-refractivity contribution >= 4 is 0 Å². The molecule has 4 rings (SSSR count). The van der Waals surface area contributed by atoms with Crippen LogP contribution in [0.2, 0.25) is 0 Å². The Bertz CT molecular complexity index is 728. The SMILES string of the molecule is COc1ccccc1C1CCN(CCCc2ccc3c(c2)CCO3)C1. The lowest BCUT2D eigenvalue weighted by atomic mass is 9.97. The Hall–Kier alpha value is -2.00. The summed E-state index contributed by atoms with van der Waals surface area (Å²) in [7, 11) is 1.77. The van der Waals surface area contributed by atoms with Crippen molar-refractivity contribution in [3.05, 3.63) is 59.2 Å². The van der Waals surface area contributed by atoms with E-state index >= 15 is 0 Å². The fourth-order valence-corrected chi connectivity index (χ4v) is 4.20. The molecule has 25 heavy (non-hydrogen) atoms. The molecule has 0 aliphatic carbocycles. The molecular weight excluding hydrogens is 310 g/mol. The number of nitrogens with zero attached hydrogens (tertiary/aromatic N) is 1. The second-order valence-electron chi connectivity index (χ2n) is 7.17. The van der Waals surface area contributed by atoms with Gasteiger partial charge in [-0.05, 0) is 61.2 Å². The first-order chi connectivity index (χ1) is 12.3. The second-order valence-corrected chi connectivity index (χ2v) is 7.17. The van der Waals surface area contributed by atoms with E-state index in [1.807, 2.05) is 0 Å². The van der Waals surface area contributed by atoms with Gasteiger partial charge in [-0.15, -0.1) is 0 Å². The van der Waals surface area contributed by atoms with Gasteiger partial charge in [0.2, 0.25) is 0 Å². The van der Waals surface area contributed by atoms with Crippen molar-refractivity contribution in [2.24, 2.45) is 0 Å². The first-order valence-electron chi connectivity index (χ1n) is 9.43. The molecule has 1 saturated heterocycles. The molecule has 2 aliphatic rings. The van der Waals surface area contributed by atoms with Gasteiger partial charge in [0.05, 0.1) is 13.7 Å². The normalized spacial score (nSPS) is 19.6. The van der Waals surface area contributed by atoms with Gasteiger partial charge in [0.1, 0.15) is 11.5 Å². The molecule has 2 aromatic carbocycles. The molecule has 2 aromatic rings. The number of aryl methyl sites for hydroxylation is 1. The third-order valence-electron chi connectivity index (χ3n) is 5.54. The topological polar surface area (TPSA) is 21.7 Å². The van der Waals surface area contributed by atoms with Crippen molar-refractivity contribution in [1.82, 2.24) is 4.90 Å². The number of benzene rings is 2. The highest BCUT2D eigenvalue weighted by Gasteiger charge is 2.25. The molecule has 2 aliphatic heterocycles. The van der Waals surface area contributed by atoms with Crippen molar-refractivity contribution in [1.29, 1.82) is 0 Å². The summed E-state index contributed by atoms with van der Waals surface area (Å²) >= 11 is 0. The number of ether oxygens (including phenoxy) is 2.